The highest BCUT2D eigenvalue weighted by molar-refractivity contribution is 6.30. The number of hydrogen-bond donors (Lipinski definition) is 0. The van der Waals surface area contributed by atoms with Gasteiger partial charge in [-0.25, -0.2) is 4.68 Å². The van der Waals surface area contributed by atoms with E-state index in [0.717, 1.165) is 36.6 Å². The first-order valence-corrected chi connectivity index (χ1v) is 8.09. The predicted octanol–water partition coefficient (Wildman–Crippen LogP) is 3.44. The normalized spacial score (nSPS) is 22.9. The molecule has 5 heteroatoms. The molecule has 0 bridgehead atoms. The third kappa shape index (κ3) is 3.19. The van der Waals surface area contributed by atoms with Crippen molar-refractivity contribution in [1.82, 2.24) is 14.7 Å². The van der Waals surface area contributed by atoms with Gasteiger partial charge < -0.3 is 4.74 Å². The molecule has 0 radical (unpaired) electrons. The minimum absolute atomic E-state index is 0.256. The number of rotatable bonds is 3. The Morgan fingerprint density at radius 2 is 1.82 bits per heavy atom. The second-order valence-corrected chi connectivity index (χ2v) is 6.41. The fourth-order valence-corrected chi connectivity index (χ4v) is 3.42. The van der Waals surface area contributed by atoms with Gasteiger partial charge in [0.15, 0.2) is 0 Å². The van der Waals surface area contributed by atoms with Crippen LogP contribution < -0.4 is 0 Å². The van der Waals surface area contributed by atoms with Crippen LogP contribution in [0.5, 0.6) is 0 Å². The van der Waals surface area contributed by atoms with Crippen LogP contribution in [0.1, 0.15) is 25.1 Å². The number of ether oxygens (including phenoxy) is 1. The average Bonchev–Trinajstić information content (AvgIpc) is 2.75. The zero-order chi connectivity index (χ0) is 15.7. The number of halogens is 1. The van der Waals surface area contributed by atoms with Crippen LogP contribution in [0.25, 0.3) is 5.69 Å². The van der Waals surface area contributed by atoms with Crippen LogP contribution in [-0.4, -0.2) is 40.0 Å². The summed E-state index contributed by atoms with van der Waals surface area (Å²) < 4.78 is 7.61. The third-order valence-corrected chi connectivity index (χ3v) is 4.39. The highest BCUT2D eigenvalue weighted by atomic mass is 35.5. The Labute approximate surface area is 136 Å². The third-order valence-electron chi connectivity index (χ3n) is 4.00. The topological polar surface area (TPSA) is 30.3 Å². The van der Waals surface area contributed by atoms with Gasteiger partial charge in [0, 0.05) is 25.2 Å². The second kappa shape index (κ2) is 6.41. The minimum atomic E-state index is 0.256. The van der Waals surface area contributed by atoms with Crippen LogP contribution in [0.2, 0.25) is 5.15 Å². The molecule has 2 heterocycles. The lowest BCUT2D eigenvalue weighted by molar-refractivity contribution is -0.0705. The van der Waals surface area contributed by atoms with Gasteiger partial charge in [-0.3, -0.25) is 4.90 Å². The Kier molecular flexibility index (Phi) is 4.52. The Balaban J connectivity index is 1.84. The van der Waals surface area contributed by atoms with E-state index in [1.807, 2.05) is 41.9 Å². The van der Waals surface area contributed by atoms with E-state index in [2.05, 4.69) is 23.8 Å². The molecular weight excluding hydrogens is 298 g/mol. The number of benzene rings is 1. The Hall–Kier alpha value is -1.36. The van der Waals surface area contributed by atoms with Gasteiger partial charge in [0.05, 0.1) is 23.6 Å². The maximum Gasteiger partial charge on any atom is 0.137 e. The molecule has 1 saturated heterocycles. The number of para-hydroxylation sites is 1. The standard InChI is InChI=1S/C17H22ClN3O/c1-12-9-20(10-13(2)22-12)11-16-14(3)19-21(17(16)18)15-7-5-4-6-8-15/h4-8,12-13H,9-11H2,1-3H3. The molecule has 4 nitrogen and oxygen atoms in total. The fraction of sp³-hybridized carbons (Fsp3) is 0.471. The van der Waals surface area contributed by atoms with E-state index in [1.54, 1.807) is 0 Å². The van der Waals surface area contributed by atoms with Gasteiger partial charge in [-0.15, -0.1) is 0 Å². The zero-order valence-electron chi connectivity index (χ0n) is 13.3. The summed E-state index contributed by atoms with van der Waals surface area (Å²) in [6, 6.07) is 10.0. The summed E-state index contributed by atoms with van der Waals surface area (Å²) in [4.78, 5) is 2.39. The Bertz CT molecular complexity index is 631. The smallest absolute Gasteiger partial charge is 0.137 e. The van der Waals surface area contributed by atoms with Gasteiger partial charge in [-0.1, -0.05) is 29.8 Å². The number of hydrogen-bond acceptors (Lipinski definition) is 3. The quantitative estimate of drug-likeness (QED) is 0.868. The van der Waals surface area contributed by atoms with E-state index in [0.29, 0.717) is 5.15 Å². The number of aromatic nitrogens is 2. The largest absolute Gasteiger partial charge is 0.373 e. The maximum atomic E-state index is 6.60. The Morgan fingerprint density at radius 3 is 2.45 bits per heavy atom. The van der Waals surface area contributed by atoms with Crippen molar-refractivity contribution in [1.29, 1.82) is 0 Å². The molecule has 1 aromatic carbocycles. The van der Waals surface area contributed by atoms with Crippen molar-refractivity contribution in [3.8, 4) is 5.69 Å². The molecule has 0 N–H and O–H groups in total. The molecule has 2 unspecified atom stereocenters. The second-order valence-electron chi connectivity index (χ2n) is 6.05. The minimum Gasteiger partial charge on any atom is -0.373 e. The lowest BCUT2D eigenvalue weighted by Gasteiger charge is -2.35. The van der Waals surface area contributed by atoms with Crippen molar-refractivity contribution in [2.45, 2.75) is 39.5 Å². The van der Waals surface area contributed by atoms with E-state index in [-0.39, 0.29) is 12.2 Å². The van der Waals surface area contributed by atoms with Crippen molar-refractivity contribution in [2.75, 3.05) is 13.1 Å². The molecule has 3 rings (SSSR count). The van der Waals surface area contributed by atoms with Crippen LogP contribution in [0, 0.1) is 6.92 Å². The summed E-state index contributed by atoms with van der Waals surface area (Å²) in [7, 11) is 0. The molecule has 2 aromatic rings. The van der Waals surface area contributed by atoms with Crippen molar-refractivity contribution in [2.24, 2.45) is 0 Å². The van der Waals surface area contributed by atoms with Crippen molar-refractivity contribution < 1.29 is 4.74 Å². The molecule has 1 aliphatic heterocycles. The molecule has 22 heavy (non-hydrogen) atoms. The van der Waals surface area contributed by atoms with Gasteiger partial charge in [-0.2, -0.15) is 5.10 Å². The van der Waals surface area contributed by atoms with Crippen molar-refractivity contribution >= 4 is 11.6 Å². The van der Waals surface area contributed by atoms with Crippen LogP contribution >= 0.6 is 11.6 Å². The number of morpholine rings is 1. The van der Waals surface area contributed by atoms with Gasteiger partial charge >= 0.3 is 0 Å². The molecule has 1 aliphatic rings. The van der Waals surface area contributed by atoms with Crippen LogP contribution in [0.4, 0.5) is 0 Å². The monoisotopic (exact) mass is 319 g/mol. The molecule has 0 spiro atoms. The summed E-state index contributed by atoms with van der Waals surface area (Å²) in [6.07, 6.45) is 0.513. The molecule has 1 aromatic heterocycles. The molecular formula is C17H22ClN3O. The van der Waals surface area contributed by atoms with E-state index >= 15 is 0 Å². The van der Waals surface area contributed by atoms with E-state index in [4.69, 9.17) is 16.3 Å². The zero-order valence-corrected chi connectivity index (χ0v) is 14.0. The van der Waals surface area contributed by atoms with E-state index in [1.165, 1.54) is 0 Å². The van der Waals surface area contributed by atoms with E-state index in [9.17, 15) is 0 Å². The van der Waals surface area contributed by atoms with Gasteiger partial charge in [-0.05, 0) is 32.9 Å². The summed E-state index contributed by atoms with van der Waals surface area (Å²) in [6.45, 7) is 8.92. The molecule has 2 atom stereocenters. The van der Waals surface area contributed by atoms with Gasteiger partial charge in [0.25, 0.3) is 0 Å². The molecule has 1 fully saturated rings. The number of nitrogens with zero attached hydrogens (tertiary/aromatic N) is 3. The summed E-state index contributed by atoms with van der Waals surface area (Å²) in [5, 5.41) is 5.31. The predicted molar refractivity (Wildman–Crippen MR) is 88.6 cm³/mol. The Morgan fingerprint density at radius 1 is 1.18 bits per heavy atom. The molecule has 0 amide bonds. The number of aryl methyl sites for hydroxylation is 1. The first kappa shape index (κ1) is 15.5. The highest BCUT2D eigenvalue weighted by Gasteiger charge is 2.24. The van der Waals surface area contributed by atoms with Crippen molar-refractivity contribution in [3.63, 3.8) is 0 Å². The first-order chi connectivity index (χ1) is 10.5. The fourth-order valence-electron chi connectivity index (χ4n) is 3.09. The first-order valence-electron chi connectivity index (χ1n) is 7.72. The van der Waals surface area contributed by atoms with Gasteiger partial charge in [0.1, 0.15) is 5.15 Å². The average molecular weight is 320 g/mol. The SMILES string of the molecule is Cc1nn(-c2ccccc2)c(Cl)c1CN1CC(C)OC(C)C1. The summed E-state index contributed by atoms with van der Waals surface area (Å²) >= 11 is 6.60. The summed E-state index contributed by atoms with van der Waals surface area (Å²) in [5.74, 6) is 0. The van der Waals surface area contributed by atoms with Crippen molar-refractivity contribution in [3.05, 3.63) is 46.7 Å². The van der Waals surface area contributed by atoms with Crippen LogP contribution in [-0.2, 0) is 11.3 Å². The summed E-state index contributed by atoms with van der Waals surface area (Å²) in [5.41, 5.74) is 3.08. The van der Waals surface area contributed by atoms with Crippen LogP contribution in [0.3, 0.4) is 0 Å². The lowest BCUT2D eigenvalue weighted by Crippen LogP contribution is -2.44. The highest BCUT2D eigenvalue weighted by Crippen LogP contribution is 2.26. The maximum absolute atomic E-state index is 6.60. The molecule has 0 saturated carbocycles. The van der Waals surface area contributed by atoms with E-state index < -0.39 is 0 Å². The molecule has 118 valence electrons. The van der Waals surface area contributed by atoms with Crippen LogP contribution in [0.15, 0.2) is 30.3 Å². The molecule has 0 aliphatic carbocycles. The lowest BCUT2D eigenvalue weighted by atomic mass is 10.2. The van der Waals surface area contributed by atoms with Gasteiger partial charge in [0.2, 0.25) is 0 Å².